The van der Waals surface area contributed by atoms with Crippen LogP contribution in [0.15, 0.2) is 12.7 Å². The van der Waals surface area contributed by atoms with E-state index in [1.54, 1.807) is 17.3 Å². The van der Waals surface area contributed by atoms with Crippen LogP contribution in [0.1, 0.15) is 46.0 Å². The van der Waals surface area contributed by atoms with E-state index in [0.717, 1.165) is 32.1 Å². The highest BCUT2D eigenvalue weighted by Gasteiger charge is 2.57. The van der Waals surface area contributed by atoms with Gasteiger partial charge < -0.3 is 14.5 Å². The van der Waals surface area contributed by atoms with Crippen LogP contribution in [0.2, 0.25) is 0 Å². The third kappa shape index (κ3) is 2.28. The molecule has 1 N–H and O–H groups in total. The standard InChI is InChI=1S/C12H21N4O3P/c1-10-11(2)19-20(17,18-10)12(6-4-3-5-7-12)15-16-8-13-14-9-16/h8-11,15H,3-7H2,1-2H3. The summed E-state index contributed by atoms with van der Waals surface area (Å²) in [5.41, 5.74) is 3.28. The van der Waals surface area contributed by atoms with E-state index in [-0.39, 0.29) is 12.2 Å². The van der Waals surface area contributed by atoms with E-state index in [9.17, 15) is 4.57 Å². The van der Waals surface area contributed by atoms with Crippen LogP contribution in [-0.4, -0.2) is 32.4 Å². The zero-order valence-electron chi connectivity index (χ0n) is 11.9. The number of nitrogens with one attached hydrogen (secondary N) is 1. The molecule has 1 saturated carbocycles. The summed E-state index contributed by atoms with van der Waals surface area (Å²) in [5, 5.41) is 6.88. The van der Waals surface area contributed by atoms with Gasteiger partial charge in [-0.1, -0.05) is 19.3 Å². The van der Waals surface area contributed by atoms with Crippen molar-refractivity contribution in [2.24, 2.45) is 0 Å². The molecule has 2 atom stereocenters. The normalized spacial score (nSPS) is 36.9. The average molecular weight is 300 g/mol. The van der Waals surface area contributed by atoms with Crippen molar-refractivity contribution in [2.75, 3.05) is 5.43 Å². The van der Waals surface area contributed by atoms with Crippen LogP contribution in [0, 0.1) is 0 Å². The highest BCUT2D eigenvalue weighted by molar-refractivity contribution is 7.56. The Morgan fingerprint density at radius 1 is 1.15 bits per heavy atom. The molecule has 20 heavy (non-hydrogen) atoms. The van der Waals surface area contributed by atoms with Gasteiger partial charge in [0.15, 0.2) is 5.28 Å². The molecule has 1 aromatic heterocycles. The van der Waals surface area contributed by atoms with Crippen LogP contribution >= 0.6 is 7.60 Å². The van der Waals surface area contributed by atoms with Gasteiger partial charge in [0.25, 0.3) is 0 Å². The SMILES string of the molecule is CC1OP(=O)(C2(Nn3cnnc3)CCCCC2)OC1C. The van der Waals surface area contributed by atoms with Crippen LogP contribution in [0.3, 0.4) is 0 Å². The molecule has 0 spiro atoms. The second kappa shape index (κ2) is 5.13. The van der Waals surface area contributed by atoms with Gasteiger partial charge in [-0.05, 0) is 26.7 Å². The molecule has 0 aromatic carbocycles. The van der Waals surface area contributed by atoms with Crippen molar-refractivity contribution in [1.82, 2.24) is 14.9 Å². The lowest BCUT2D eigenvalue weighted by Gasteiger charge is -2.40. The summed E-state index contributed by atoms with van der Waals surface area (Å²) in [5.74, 6) is 0. The fraction of sp³-hybridized carbons (Fsp3) is 0.833. The second-order valence-corrected chi connectivity index (χ2v) is 7.96. The Kier molecular flexibility index (Phi) is 3.60. The van der Waals surface area contributed by atoms with Crippen molar-refractivity contribution >= 4 is 7.60 Å². The molecule has 2 unspecified atom stereocenters. The Labute approximate surface area is 118 Å². The lowest BCUT2D eigenvalue weighted by atomic mass is 9.95. The number of rotatable bonds is 3. The Balaban J connectivity index is 1.91. The Morgan fingerprint density at radius 3 is 2.25 bits per heavy atom. The van der Waals surface area contributed by atoms with Gasteiger partial charge in [-0.25, -0.2) is 4.68 Å². The van der Waals surface area contributed by atoms with Gasteiger partial charge in [0, 0.05) is 0 Å². The van der Waals surface area contributed by atoms with Crippen molar-refractivity contribution in [2.45, 2.75) is 63.4 Å². The van der Waals surface area contributed by atoms with Crippen LogP contribution < -0.4 is 5.43 Å². The quantitative estimate of drug-likeness (QED) is 0.864. The second-order valence-electron chi connectivity index (χ2n) is 5.69. The summed E-state index contributed by atoms with van der Waals surface area (Å²) in [7, 11) is -3.22. The van der Waals surface area contributed by atoms with Gasteiger partial charge in [0.2, 0.25) is 0 Å². The lowest BCUT2D eigenvalue weighted by Crippen LogP contribution is -2.44. The van der Waals surface area contributed by atoms with Gasteiger partial charge in [-0.2, -0.15) is 0 Å². The third-order valence-electron chi connectivity index (χ3n) is 4.23. The number of nitrogens with zero attached hydrogens (tertiary/aromatic N) is 3. The van der Waals surface area contributed by atoms with Crippen molar-refractivity contribution in [3.8, 4) is 0 Å². The predicted molar refractivity (Wildman–Crippen MR) is 73.9 cm³/mol. The van der Waals surface area contributed by atoms with Crippen molar-refractivity contribution in [3.05, 3.63) is 12.7 Å². The van der Waals surface area contributed by atoms with Gasteiger partial charge in [0.05, 0.1) is 12.2 Å². The fourth-order valence-electron chi connectivity index (χ4n) is 2.92. The molecule has 1 aliphatic carbocycles. The molecule has 1 aromatic rings. The van der Waals surface area contributed by atoms with E-state index in [1.807, 2.05) is 13.8 Å². The van der Waals surface area contributed by atoms with E-state index >= 15 is 0 Å². The highest BCUT2D eigenvalue weighted by atomic mass is 31.2. The first kappa shape index (κ1) is 14.0. The molecule has 3 rings (SSSR count). The topological polar surface area (TPSA) is 78.3 Å². The van der Waals surface area contributed by atoms with E-state index in [2.05, 4.69) is 15.6 Å². The minimum Gasteiger partial charge on any atom is -0.305 e. The Morgan fingerprint density at radius 2 is 1.70 bits per heavy atom. The van der Waals surface area contributed by atoms with Gasteiger partial charge in [-0.3, -0.25) is 4.57 Å². The molecule has 1 aliphatic heterocycles. The lowest BCUT2D eigenvalue weighted by molar-refractivity contribution is 0.187. The summed E-state index contributed by atoms with van der Waals surface area (Å²) in [6.45, 7) is 3.80. The minimum atomic E-state index is -3.22. The summed E-state index contributed by atoms with van der Waals surface area (Å²) in [6.07, 6.45) is 7.52. The monoisotopic (exact) mass is 300 g/mol. The Hall–Kier alpha value is -0.910. The number of aromatic nitrogens is 3. The first-order chi connectivity index (χ1) is 9.55. The maximum Gasteiger partial charge on any atom is 0.357 e. The summed E-state index contributed by atoms with van der Waals surface area (Å²) in [4.78, 5) is 0. The van der Waals surface area contributed by atoms with Crippen LogP contribution in [-0.2, 0) is 13.6 Å². The molecular formula is C12H21N4O3P. The fourth-order valence-corrected chi connectivity index (χ4v) is 5.69. The molecule has 2 aliphatic rings. The van der Waals surface area contributed by atoms with Crippen LogP contribution in [0.5, 0.6) is 0 Å². The van der Waals surface area contributed by atoms with Crippen LogP contribution in [0.25, 0.3) is 0 Å². The summed E-state index contributed by atoms with van der Waals surface area (Å²) < 4.78 is 26.5. The summed E-state index contributed by atoms with van der Waals surface area (Å²) >= 11 is 0. The molecule has 8 heteroatoms. The third-order valence-corrected chi connectivity index (χ3v) is 7.05. The minimum absolute atomic E-state index is 0.151. The zero-order chi connectivity index (χ0) is 14.2. The first-order valence-corrected chi connectivity index (χ1v) is 8.69. The van der Waals surface area contributed by atoms with E-state index in [0.29, 0.717) is 0 Å². The zero-order valence-corrected chi connectivity index (χ0v) is 12.8. The van der Waals surface area contributed by atoms with E-state index < -0.39 is 12.9 Å². The molecule has 2 heterocycles. The highest BCUT2D eigenvalue weighted by Crippen LogP contribution is 2.68. The van der Waals surface area contributed by atoms with E-state index in [1.165, 1.54) is 0 Å². The predicted octanol–water partition coefficient (Wildman–Crippen LogP) is 2.50. The van der Waals surface area contributed by atoms with Crippen molar-refractivity contribution < 1.29 is 13.6 Å². The largest absolute Gasteiger partial charge is 0.357 e. The molecule has 0 bridgehead atoms. The van der Waals surface area contributed by atoms with Gasteiger partial charge in [0.1, 0.15) is 12.7 Å². The maximum atomic E-state index is 13.3. The molecule has 1 saturated heterocycles. The first-order valence-electron chi connectivity index (χ1n) is 7.14. The Bertz CT molecular complexity index is 487. The number of hydrogen-bond donors (Lipinski definition) is 1. The molecule has 112 valence electrons. The molecule has 7 nitrogen and oxygen atoms in total. The van der Waals surface area contributed by atoms with E-state index in [4.69, 9.17) is 9.05 Å². The van der Waals surface area contributed by atoms with Crippen molar-refractivity contribution in [1.29, 1.82) is 0 Å². The number of hydrogen-bond acceptors (Lipinski definition) is 6. The van der Waals surface area contributed by atoms with Gasteiger partial charge >= 0.3 is 7.60 Å². The smallest absolute Gasteiger partial charge is 0.305 e. The summed E-state index contributed by atoms with van der Waals surface area (Å²) in [6, 6.07) is 0. The molecule has 0 radical (unpaired) electrons. The average Bonchev–Trinajstić information content (AvgIpc) is 3.00. The van der Waals surface area contributed by atoms with Crippen LogP contribution in [0.4, 0.5) is 0 Å². The maximum absolute atomic E-state index is 13.3. The molecule has 2 fully saturated rings. The van der Waals surface area contributed by atoms with Crippen molar-refractivity contribution in [3.63, 3.8) is 0 Å². The molecular weight excluding hydrogens is 279 g/mol. The van der Waals surface area contributed by atoms with Gasteiger partial charge in [-0.15, -0.1) is 10.2 Å². The molecule has 0 amide bonds.